The second-order valence-corrected chi connectivity index (χ2v) is 8.75. The van der Waals surface area contributed by atoms with Crippen molar-refractivity contribution in [3.8, 4) is 5.75 Å². The molecule has 1 saturated heterocycles. The highest BCUT2D eigenvalue weighted by Gasteiger charge is 2.64. The Hall–Kier alpha value is -3.19. The summed E-state index contributed by atoms with van der Waals surface area (Å²) in [4.78, 5) is 49.3. The zero-order chi connectivity index (χ0) is 22.4. The molecule has 3 aliphatic rings. The van der Waals surface area contributed by atoms with E-state index in [1.165, 1.54) is 24.3 Å². The molecule has 0 radical (unpaired) electrons. The number of carbonyl (C=O) groups is 4. The van der Waals surface area contributed by atoms with Gasteiger partial charge in [0, 0.05) is 11.5 Å². The molecular formula is C24H19ClO7. The Balaban J connectivity index is 1.17. The Morgan fingerprint density at radius 2 is 1.78 bits per heavy atom. The summed E-state index contributed by atoms with van der Waals surface area (Å²) < 4.78 is 15.9. The average molecular weight is 455 g/mol. The number of carbonyl (C=O) groups excluding carboxylic acids is 4. The third kappa shape index (κ3) is 3.56. The van der Waals surface area contributed by atoms with Crippen LogP contribution in [0.3, 0.4) is 0 Å². The minimum Gasteiger partial charge on any atom is -0.462 e. The van der Waals surface area contributed by atoms with Crippen LogP contribution < -0.4 is 4.74 Å². The lowest BCUT2D eigenvalue weighted by atomic mass is 9.80. The van der Waals surface area contributed by atoms with Crippen molar-refractivity contribution in [1.82, 2.24) is 0 Å². The average Bonchev–Trinajstić information content (AvgIpc) is 3.41. The van der Waals surface area contributed by atoms with Gasteiger partial charge >= 0.3 is 17.9 Å². The number of halogens is 1. The lowest BCUT2D eigenvalue weighted by Crippen LogP contribution is -2.34. The molecule has 1 aliphatic heterocycles. The molecule has 32 heavy (non-hydrogen) atoms. The maximum Gasteiger partial charge on any atom is 0.345 e. The molecule has 7 nitrogen and oxygen atoms in total. The van der Waals surface area contributed by atoms with Crippen molar-refractivity contribution in [1.29, 1.82) is 0 Å². The van der Waals surface area contributed by atoms with Gasteiger partial charge in [-0.05, 0) is 55.2 Å². The molecular weight excluding hydrogens is 436 g/mol. The summed E-state index contributed by atoms with van der Waals surface area (Å²) in [5.74, 6) is -2.37. The van der Waals surface area contributed by atoms with Gasteiger partial charge in [0.25, 0.3) is 0 Å². The Bertz CT molecular complexity index is 1110. The van der Waals surface area contributed by atoms with E-state index >= 15 is 0 Å². The van der Waals surface area contributed by atoms with Crippen LogP contribution >= 0.6 is 11.6 Å². The molecule has 0 spiro atoms. The van der Waals surface area contributed by atoms with Crippen molar-refractivity contribution in [2.75, 3.05) is 6.61 Å². The van der Waals surface area contributed by atoms with E-state index < -0.39 is 36.2 Å². The lowest BCUT2D eigenvalue weighted by molar-refractivity contribution is -0.154. The normalized spacial score (nSPS) is 27.2. The second-order valence-electron chi connectivity index (χ2n) is 8.35. The third-order valence-corrected chi connectivity index (χ3v) is 6.91. The zero-order valence-electron chi connectivity index (χ0n) is 16.9. The molecule has 3 fully saturated rings. The molecule has 5 atom stereocenters. The molecule has 8 heteroatoms. The Kier molecular flexibility index (Phi) is 5.21. The fourth-order valence-corrected chi connectivity index (χ4v) is 5.35. The second kappa shape index (κ2) is 8.06. The van der Waals surface area contributed by atoms with Gasteiger partial charge in [-0.25, -0.2) is 4.79 Å². The fraction of sp³-hybridized carbons (Fsp3) is 0.333. The van der Waals surface area contributed by atoms with Gasteiger partial charge < -0.3 is 14.2 Å². The van der Waals surface area contributed by atoms with E-state index in [0.29, 0.717) is 12.0 Å². The zero-order valence-corrected chi connectivity index (χ0v) is 17.6. The molecule has 5 rings (SSSR count). The van der Waals surface area contributed by atoms with E-state index in [9.17, 15) is 19.2 Å². The molecule has 0 aromatic heterocycles. The summed E-state index contributed by atoms with van der Waals surface area (Å²) in [6.07, 6.45) is 1.42. The number of benzene rings is 2. The maximum atomic E-state index is 12.6. The number of ketones is 1. The number of hydrogen-bond acceptors (Lipinski definition) is 7. The van der Waals surface area contributed by atoms with Gasteiger partial charge in [0.1, 0.15) is 11.9 Å². The minimum atomic E-state index is -0.609. The van der Waals surface area contributed by atoms with Crippen molar-refractivity contribution < 1.29 is 33.4 Å². The molecule has 2 aliphatic carbocycles. The Morgan fingerprint density at radius 3 is 2.53 bits per heavy atom. The molecule has 164 valence electrons. The Morgan fingerprint density at radius 1 is 1.03 bits per heavy atom. The predicted molar refractivity (Wildman–Crippen MR) is 111 cm³/mol. The summed E-state index contributed by atoms with van der Waals surface area (Å²) >= 11 is 6.00. The van der Waals surface area contributed by atoms with E-state index in [2.05, 4.69) is 0 Å². The van der Waals surface area contributed by atoms with Gasteiger partial charge in [0.2, 0.25) is 0 Å². The standard InChI is InChI=1S/C24H19ClO7/c25-17-4-2-1-3-15(17)22(27)31-14-7-5-12(6-8-14)18(26)11-30-23(28)20-13-9-16-19(10-13)32-24(29)21(16)20/h1-8,13,16,19-21H,9-11H2/t13-,16+,19+,20-,21+/m1/s1. The number of Topliss-reactive ketones (excluding diaryl/α,β-unsaturated/α-hetero) is 1. The fourth-order valence-electron chi connectivity index (χ4n) is 5.14. The van der Waals surface area contributed by atoms with Gasteiger partial charge in [0.15, 0.2) is 12.4 Å². The van der Waals surface area contributed by atoms with Gasteiger partial charge in [-0.3, -0.25) is 14.4 Å². The summed E-state index contributed by atoms with van der Waals surface area (Å²) in [7, 11) is 0. The summed E-state index contributed by atoms with van der Waals surface area (Å²) in [6.45, 7) is -0.420. The highest BCUT2D eigenvalue weighted by atomic mass is 35.5. The van der Waals surface area contributed by atoms with Crippen LogP contribution in [-0.4, -0.2) is 36.4 Å². The molecule has 0 N–H and O–H groups in total. The van der Waals surface area contributed by atoms with Gasteiger partial charge in [-0.15, -0.1) is 0 Å². The smallest absolute Gasteiger partial charge is 0.345 e. The monoisotopic (exact) mass is 454 g/mol. The molecule has 1 heterocycles. The van der Waals surface area contributed by atoms with Crippen LogP contribution in [-0.2, 0) is 19.1 Å². The molecule has 2 saturated carbocycles. The van der Waals surface area contributed by atoms with Crippen LogP contribution in [0.5, 0.6) is 5.75 Å². The first kappa shape index (κ1) is 20.7. The van der Waals surface area contributed by atoms with Crippen LogP contribution in [0.2, 0.25) is 5.02 Å². The quantitative estimate of drug-likeness (QED) is 0.374. The van der Waals surface area contributed by atoms with Crippen molar-refractivity contribution in [2.45, 2.75) is 18.9 Å². The minimum absolute atomic E-state index is 0.0614. The first-order chi connectivity index (χ1) is 15.4. The molecule has 2 aromatic rings. The first-order valence-electron chi connectivity index (χ1n) is 10.4. The third-order valence-electron chi connectivity index (χ3n) is 6.58. The van der Waals surface area contributed by atoms with E-state index in [1.807, 2.05) is 0 Å². The van der Waals surface area contributed by atoms with Crippen LogP contribution in [0, 0.1) is 23.7 Å². The van der Waals surface area contributed by atoms with Crippen LogP contribution in [0.1, 0.15) is 33.6 Å². The van der Waals surface area contributed by atoms with Crippen molar-refractivity contribution in [2.24, 2.45) is 23.7 Å². The SMILES string of the molecule is O=C(COC(=O)[C@@H]1[C@@H]2C[C@@H]3[C@@H]1C(=O)O[C@H]3C2)c1ccc(OC(=O)c2ccccc2Cl)cc1. The van der Waals surface area contributed by atoms with Gasteiger partial charge in [-0.1, -0.05) is 23.7 Å². The Labute approximate surface area is 188 Å². The maximum absolute atomic E-state index is 12.6. The van der Waals surface area contributed by atoms with Gasteiger partial charge in [-0.2, -0.15) is 0 Å². The van der Waals surface area contributed by atoms with Crippen LogP contribution in [0.4, 0.5) is 0 Å². The molecule has 2 aromatic carbocycles. The lowest BCUT2D eigenvalue weighted by Gasteiger charge is -2.22. The largest absolute Gasteiger partial charge is 0.462 e. The first-order valence-corrected chi connectivity index (χ1v) is 10.8. The topological polar surface area (TPSA) is 96.0 Å². The highest BCUT2D eigenvalue weighted by Crippen LogP contribution is 2.57. The van der Waals surface area contributed by atoms with E-state index in [0.717, 1.165) is 6.42 Å². The van der Waals surface area contributed by atoms with E-state index in [-0.39, 0.29) is 40.2 Å². The predicted octanol–water partition coefficient (Wildman–Crippen LogP) is 3.48. The molecule has 2 bridgehead atoms. The number of rotatable bonds is 6. The number of esters is 3. The number of ether oxygens (including phenoxy) is 3. The van der Waals surface area contributed by atoms with E-state index in [4.69, 9.17) is 25.8 Å². The number of hydrogen-bond donors (Lipinski definition) is 0. The summed E-state index contributed by atoms with van der Waals surface area (Å²) in [5, 5.41) is 0.281. The van der Waals surface area contributed by atoms with E-state index in [1.54, 1.807) is 24.3 Å². The van der Waals surface area contributed by atoms with Crippen molar-refractivity contribution in [3.63, 3.8) is 0 Å². The summed E-state index contributed by atoms with van der Waals surface area (Å²) in [6, 6.07) is 12.5. The van der Waals surface area contributed by atoms with Crippen LogP contribution in [0.15, 0.2) is 48.5 Å². The summed E-state index contributed by atoms with van der Waals surface area (Å²) in [5.41, 5.74) is 0.544. The van der Waals surface area contributed by atoms with Crippen LogP contribution in [0.25, 0.3) is 0 Å². The van der Waals surface area contributed by atoms with Gasteiger partial charge in [0.05, 0.1) is 22.4 Å². The molecule has 0 amide bonds. The number of fused-ring (bicyclic) bond motifs is 1. The molecule has 0 unspecified atom stereocenters. The van der Waals surface area contributed by atoms with Crippen molar-refractivity contribution in [3.05, 3.63) is 64.7 Å². The van der Waals surface area contributed by atoms with Crippen molar-refractivity contribution >= 4 is 35.3 Å². The highest BCUT2D eigenvalue weighted by molar-refractivity contribution is 6.33.